The molecule has 0 aliphatic rings. The lowest BCUT2D eigenvalue weighted by Gasteiger charge is -1.98. The fraction of sp³-hybridized carbons (Fsp3) is 0.0556. The molecule has 0 radical (unpaired) electrons. The van der Waals surface area contributed by atoms with Crippen molar-refractivity contribution in [2.75, 3.05) is 0 Å². The lowest BCUT2D eigenvalue weighted by atomic mass is 10.2. The van der Waals surface area contributed by atoms with Gasteiger partial charge < -0.3 is 0 Å². The Kier molecular flexibility index (Phi) is 4.58. The van der Waals surface area contributed by atoms with Gasteiger partial charge in [0.05, 0.1) is 11.4 Å². The Morgan fingerprint density at radius 2 is 1.84 bits per heavy atom. The zero-order chi connectivity index (χ0) is 17.1. The van der Waals surface area contributed by atoms with Crippen molar-refractivity contribution in [3.8, 4) is 16.3 Å². The van der Waals surface area contributed by atoms with Crippen LogP contribution >= 0.6 is 23.1 Å². The SMILES string of the molecule is Fc1ccc(-c2nc(CSc3ncn(-c4ccccc4)n3)cs2)cc1. The molecular formula is C18H13FN4S2. The second-order valence-corrected chi connectivity index (χ2v) is 7.05. The number of thiazole rings is 1. The van der Waals surface area contributed by atoms with E-state index in [2.05, 4.69) is 15.1 Å². The van der Waals surface area contributed by atoms with Gasteiger partial charge in [0.1, 0.15) is 17.2 Å². The number of nitrogens with zero attached hydrogens (tertiary/aromatic N) is 4. The average molecular weight is 368 g/mol. The van der Waals surface area contributed by atoms with Crippen molar-refractivity contribution in [2.24, 2.45) is 0 Å². The fourth-order valence-corrected chi connectivity index (χ4v) is 3.88. The summed E-state index contributed by atoms with van der Waals surface area (Å²) in [5, 5.41) is 8.08. The predicted molar refractivity (Wildman–Crippen MR) is 98.4 cm³/mol. The van der Waals surface area contributed by atoms with Gasteiger partial charge in [-0.05, 0) is 36.4 Å². The van der Waals surface area contributed by atoms with Gasteiger partial charge in [0.2, 0.25) is 5.16 Å². The van der Waals surface area contributed by atoms with Crippen LogP contribution in [0.25, 0.3) is 16.3 Å². The van der Waals surface area contributed by atoms with E-state index in [1.807, 2.05) is 35.7 Å². The second kappa shape index (κ2) is 7.16. The monoisotopic (exact) mass is 368 g/mol. The minimum atomic E-state index is -0.240. The second-order valence-electron chi connectivity index (χ2n) is 5.25. The van der Waals surface area contributed by atoms with Gasteiger partial charge in [-0.1, -0.05) is 30.0 Å². The molecule has 0 unspecified atom stereocenters. The molecule has 0 saturated heterocycles. The van der Waals surface area contributed by atoms with E-state index in [0.29, 0.717) is 10.9 Å². The summed E-state index contributed by atoms with van der Waals surface area (Å²) in [4.78, 5) is 8.93. The standard InChI is InChI=1S/C18H13FN4S2/c19-14-8-6-13(7-9-14)17-21-15(10-24-17)11-25-18-20-12-23(22-18)16-4-2-1-3-5-16/h1-10,12H,11H2. The van der Waals surface area contributed by atoms with E-state index in [4.69, 9.17) is 0 Å². The Balaban J connectivity index is 1.42. The van der Waals surface area contributed by atoms with E-state index in [1.165, 1.54) is 12.1 Å². The van der Waals surface area contributed by atoms with Gasteiger partial charge in [0, 0.05) is 16.7 Å². The average Bonchev–Trinajstić information content (AvgIpc) is 3.31. The Bertz CT molecular complexity index is 964. The van der Waals surface area contributed by atoms with Crippen molar-refractivity contribution in [3.63, 3.8) is 0 Å². The lowest BCUT2D eigenvalue weighted by molar-refractivity contribution is 0.628. The van der Waals surface area contributed by atoms with Gasteiger partial charge in [-0.3, -0.25) is 0 Å². The third-order valence-corrected chi connectivity index (χ3v) is 5.31. The highest BCUT2D eigenvalue weighted by Crippen LogP contribution is 2.27. The van der Waals surface area contributed by atoms with Crippen LogP contribution in [0.1, 0.15) is 5.69 Å². The quantitative estimate of drug-likeness (QED) is 0.474. The molecule has 0 N–H and O–H groups in total. The maximum Gasteiger partial charge on any atom is 0.209 e. The largest absolute Gasteiger partial charge is 0.240 e. The van der Waals surface area contributed by atoms with E-state index in [1.54, 1.807) is 46.2 Å². The molecular weight excluding hydrogens is 355 g/mol. The Morgan fingerprint density at radius 3 is 2.64 bits per heavy atom. The molecule has 0 aliphatic heterocycles. The molecule has 4 rings (SSSR count). The van der Waals surface area contributed by atoms with Crippen molar-refractivity contribution in [2.45, 2.75) is 10.9 Å². The Hall–Kier alpha value is -2.51. The predicted octanol–water partition coefficient (Wildman–Crippen LogP) is 4.82. The molecule has 25 heavy (non-hydrogen) atoms. The first-order valence-electron chi connectivity index (χ1n) is 7.58. The van der Waals surface area contributed by atoms with Gasteiger partial charge in [-0.2, -0.15) is 0 Å². The smallest absolute Gasteiger partial charge is 0.209 e. The van der Waals surface area contributed by atoms with Crippen LogP contribution < -0.4 is 0 Å². The van der Waals surface area contributed by atoms with Crippen LogP contribution in [-0.4, -0.2) is 19.7 Å². The molecule has 7 heteroatoms. The molecule has 2 aromatic heterocycles. The van der Waals surface area contributed by atoms with Crippen molar-refractivity contribution in [1.29, 1.82) is 0 Å². The molecule has 0 aliphatic carbocycles. The van der Waals surface area contributed by atoms with E-state index in [9.17, 15) is 4.39 Å². The topological polar surface area (TPSA) is 43.6 Å². The van der Waals surface area contributed by atoms with Gasteiger partial charge >= 0.3 is 0 Å². The van der Waals surface area contributed by atoms with Gasteiger partial charge in [0.25, 0.3) is 0 Å². The van der Waals surface area contributed by atoms with Gasteiger partial charge in [-0.25, -0.2) is 19.0 Å². The highest BCUT2D eigenvalue weighted by Gasteiger charge is 2.08. The van der Waals surface area contributed by atoms with Gasteiger partial charge in [0.15, 0.2) is 0 Å². The van der Waals surface area contributed by atoms with Crippen LogP contribution in [0.3, 0.4) is 0 Å². The number of rotatable bonds is 5. The molecule has 0 atom stereocenters. The van der Waals surface area contributed by atoms with Crippen LogP contribution in [0.5, 0.6) is 0 Å². The molecule has 4 aromatic rings. The number of thioether (sulfide) groups is 1. The number of halogens is 1. The molecule has 0 amide bonds. The van der Waals surface area contributed by atoms with Crippen LogP contribution in [0.2, 0.25) is 0 Å². The number of benzene rings is 2. The Morgan fingerprint density at radius 1 is 1.04 bits per heavy atom. The van der Waals surface area contributed by atoms with Crippen molar-refractivity contribution in [1.82, 2.24) is 19.7 Å². The van der Waals surface area contributed by atoms with Crippen LogP contribution in [-0.2, 0) is 5.75 Å². The molecule has 2 aromatic carbocycles. The third-order valence-electron chi connectivity index (χ3n) is 3.48. The summed E-state index contributed by atoms with van der Waals surface area (Å²) in [5.74, 6) is 0.451. The van der Waals surface area contributed by atoms with E-state index < -0.39 is 0 Å². The first-order valence-corrected chi connectivity index (χ1v) is 9.45. The van der Waals surface area contributed by atoms with Crippen molar-refractivity contribution < 1.29 is 4.39 Å². The van der Waals surface area contributed by atoms with Crippen LogP contribution in [0, 0.1) is 5.82 Å². The maximum atomic E-state index is 13.0. The summed E-state index contributed by atoms with van der Waals surface area (Å²) >= 11 is 3.09. The van der Waals surface area contributed by atoms with E-state index in [-0.39, 0.29) is 5.82 Å². The molecule has 0 spiro atoms. The Labute approximate surface area is 152 Å². The van der Waals surface area contributed by atoms with Crippen molar-refractivity contribution in [3.05, 3.63) is 77.8 Å². The number of hydrogen-bond acceptors (Lipinski definition) is 5. The van der Waals surface area contributed by atoms with Gasteiger partial charge in [-0.15, -0.1) is 16.4 Å². The highest BCUT2D eigenvalue weighted by atomic mass is 32.2. The summed E-state index contributed by atoms with van der Waals surface area (Å²) in [6.07, 6.45) is 1.71. The summed E-state index contributed by atoms with van der Waals surface area (Å²) in [6, 6.07) is 16.3. The lowest BCUT2D eigenvalue weighted by Crippen LogP contribution is -1.93. The first-order chi connectivity index (χ1) is 12.3. The molecule has 0 bridgehead atoms. The number of aromatic nitrogens is 4. The summed E-state index contributed by atoms with van der Waals surface area (Å²) in [7, 11) is 0. The normalized spacial score (nSPS) is 10.9. The minimum absolute atomic E-state index is 0.240. The molecule has 4 nitrogen and oxygen atoms in total. The third kappa shape index (κ3) is 3.78. The first kappa shape index (κ1) is 16.0. The fourth-order valence-electron chi connectivity index (χ4n) is 2.26. The van der Waals surface area contributed by atoms with Crippen molar-refractivity contribution >= 4 is 23.1 Å². The molecule has 0 fully saturated rings. The summed E-state index contributed by atoms with van der Waals surface area (Å²) in [6.45, 7) is 0. The van der Waals surface area contributed by atoms with E-state index >= 15 is 0 Å². The molecule has 124 valence electrons. The summed E-state index contributed by atoms with van der Waals surface area (Å²) < 4.78 is 14.8. The zero-order valence-electron chi connectivity index (χ0n) is 13.0. The number of hydrogen-bond donors (Lipinski definition) is 0. The summed E-state index contributed by atoms with van der Waals surface area (Å²) in [5.41, 5.74) is 2.87. The van der Waals surface area contributed by atoms with Crippen LogP contribution in [0.4, 0.5) is 4.39 Å². The zero-order valence-corrected chi connectivity index (χ0v) is 14.7. The minimum Gasteiger partial charge on any atom is -0.240 e. The number of para-hydroxylation sites is 1. The molecule has 0 saturated carbocycles. The molecule has 2 heterocycles. The van der Waals surface area contributed by atoms with Crippen LogP contribution in [0.15, 0.2) is 71.5 Å². The van der Waals surface area contributed by atoms with E-state index in [0.717, 1.165) is 22.0 Å². The maximum absolute atomic E-state index is 13.0. The highest BCUT2D eigenvalue weighted by molar-refractivity contribution is 7.98.